The number of carbonyl (C=O) groups excluding carboxylic acids is 2. The van der Waals surface area contributed by atoms with Crippen LogP contribution in [0, 0.1) is 17.3 Å². The highest BCUT2D eigenvalue weighted by Crippen LogP contribution is 2.64. The quantitative estimate of drug-likeness (QED) is 0.666. The lowest BCUT2D eigenvalue weighted by atomic mass is 9.49. The van der Waals surface area contributed by atoms with E-state index in [4.69, 9.17) is 0 Å². The van der Waals surface area contributed by atoms with Gasteiger partial charge in [0, 0.05) is 37.4 Å². The number of piperazine rings is 1. The van der Waals surface area contributed by atoms with Gasteiger partial charge in [-0.25, -0.2) is 0 Å². The van der Waals surface area contributed by atoms with E-state index in [0.29, 0.717) is 32.1 Å². The van der Waals surface area contributed by atoms with E-state index >= 15 is 0 Å². The van der Waals surface area contributed by atoms with Gasteiger partial charge in [0.25, 0.3) is 0 Å². The van der Waals surface area contributed by atoms with Crippen molar-refractivity contribution in [2.45, 2.75) is 49.8 Å². The second-order valence-corrected chi connectivity index (χ2v) is 9.87. The average Bonchev–Trinajstić information content (AvgIpc) is 2.44. The van der Waals surface area contributed by atoms with Crippen LogP contribution in [0.5, 0.6) is 0 Å². The maximum atomic E-state index is 13.3. The molecule has 4 aliphatic carbocycles. The van der Waals surface area contributed by atoms with Crippen molar-refractivity contribution in [3.05, 3.63) is 0 Å². The van der Waals surface area contributed by atoms with Gasteiger partial charge >= 0.3 is 0 Å². The second-order valence-electron chi connectivity index (χ2n) is 8.19. The lowest BCUT2D eigenvalue weighted by Gasteiger charge is -2.60. The Kier molecular flexibility index (Phi) is 3.37. The molecule has 5 rings (SSSR count). The molecule has 5 heteroatoms. The third-order valence-corrected chi connectivity index (χ3v) is 7.38. The van der Waals surface area contributed by atoms with Crippen molar-refractivity contribution >= 4 is 27.7 Å². The summed E-state index contributed by atoms with van der Waals surface area (Å²) in [5.74, 6) is 1.99. The molecule has 4 nitrogen and oxygen atoms in total. The molecule has 5 fully saturated rings. The molecule has 0 aromatic rings. The van der Waals surface area contributed by atoms with Crippen LogP contribution >= 0.6 is 15.9 Å². The standard InChI is InChI=1S/C17H25BrN2O2/c1-12(21)19-2-4-20(5-3-19)15(22)16-7-13-6-14(8-16)10-17(18,9-13)11-16/h13-14H,2-11H2,1H3/t13-,14-,16?,17?/m1/s1. The van der Waals surface area contributed by atoms with Crippen LogP contribution in [0.4, 0.5) is 0 Å². The van der Waals surface area contributed by atoms with E-state index in [2.05, 4.69) is 15.9 Å². The first-order chi connectivity index (χ1) is 10.4. The number of alkyl halides is 1. The van der Waals surface area contributed by atoms with Gasteiger partial charge in [-0.1, -0.05) is 15.9 Å². The van der Waals surface area contributed by atoms with Crippen LogP contribution in [0.15, 0.2) is 0 Å². The maximum Gasteiger partial charge on any atom is 0.228 e. The van der Waals surface area contributed by atoms with Crippen LogP contribution in [-0.2, 0) is 9.59 Å². The zero-order valence-corrected chi connectivity index (χ0v) is 14.9. The van der Waals surface area contributed by atoms with Crippen molar-refractivity contribution in [3.63, 3.8) is 0 Å². The largest absolute Gasteiger partial charge is 0.339 e. The summed E-state index contributed by atoms with van der Waals surface area (Å²) in [6.07, 6.45) is 7.08. The molecular weight excluding hydrogens is 344 g/mol. The zero-order chi connectivity index (χ0) is 15.5. The first-order valence-corrected chi connectivity index (χ1v) is 9.42. The van der Waals surface area contributed by atoms with Crippen molar-refractivity contribution in [1.29, 1.82) is 0 Å². The summed E-state index contributed by atoms with van der Waals surface area (Å²) in [4.78, 5) is 28.6. The topological polar surface area (TPSA) is 40.6 Å². The van der Waals surface area contributed by atoms with E-state index in [1.165, 1.54) is 19.3 Å². The lowest BCUT2D eigenvalue weighted by Crippen LogP contribution is -2.61. The molecule has 22 heavy (non-hydrogen) atoms. The fourth-order valence-electron chi connectivity index (χ4n) is 5.96. The first kappa shape index (κ1) is 15.0. The summed E-state index contributed by atoms with van der Waals surface area (Å²) in [6.45, 7) is 4.44. The molecule has 0 spiro atoms. The van der Waals surface area contributed by atoms with E-state index in [0.717, 1.165) is 31.1 Å². The van der Waals surface area contributed by atoms with Crippen LogP contribution in [0.1, 0.15) is 45.4 Å². The molecule has 5 aliphatic rings. The number of nitrogens with zero attached hydrogens (tertiary/aromatic N) is 2. The van der Waals surface area contributed by atoms with Crippen LogP contribution in [-0.4, -0.2) is 52.1 Å². The highest BCUT2D eigenvalue weighted by Gasteiger charge is 2.60. The van der Waals surface area contributed by atoms with Crippen molar-refractivity contribution < 1.29 is 9.59 Å². The average molecular weight is 369 g/mol. The number of hydrogen-bond acceptors (Lipinski definition) is 2. The van der Waals surface area contributed by atoms with Gasteiger partial charge in [0.2, 0.25) is 11.8 Å². The van der Waals surface area contributed by atoms with Gasteiger partial charge < -0.3 is 9.80 Å². The smallest absolute Gasteiger partial charge is 0.228 e. The summed E-state index contributed by atoms with van der Waals surface area (Å²) in [5.41, 5.74) is -0.105. The zero-order valence-electron chi connectivity index (χ0n) is 13.3. The van der Waals surface area contributed by atoms with E-state index in [1.807, 2.05) is 9.80 Å². The summed E-state index contributed by atoms with van der Waals surface area (Å²) in [6, 6.07) is 0. The van der Waals surface area contributed by atoms with Gasteiger partial charge in [-0.15, -0.1) is 0 Å². The van der Waals surface area contributed by atoms with Gasteiger partial charge in [0.15, 0.2) is 0 Å². The third-order valence-electron chi connectivity index (χ3n) is 6.46. The SMILES string of the molecule is CC(=O)N1CCN(C(=O)C23C[C@H]4C[C@@H](CC(Br)(C4)C2)C3)CC1. The van der Waals surface area contributed by atoms with Gasteiger partial charge in [-0.2, -0.15) is 0 Å². The minimum Gasteiger partial charge on any atom is -0.339 e. The summed E-state index contributed by atoms with van der Waals surface area (Å²) in [5, 5.41) is 0. The monoisotopic (exact) mass is 368 g/mol. The molecule has 4 saturated carbocycles. The lowest BCUT2D eigenvalue weighted by molar-refractivity contribution is -0.158. The van der Waals surface area contributed by atoms with Crippen LogP contribution in [0.2, 0.25) is 0 Å². The predicted octanol–water partition coefficient (Wildman–Crippen LogP) is 2.41. The molecule has 1 saturated heterocycles. The number of halogens is 1. The Morgan fingerprint density at radius 2 is 1.50 bits per heavy atom. The van der Waals surface area contributed by atoms with E-state index in [-0.39, 0.29) is 15.6 Å². The molecule has 0 N–H and O–H groups in total. The molecule has 4 bridgehead atoms. The van der Waals surface area contributed by atoms with Crippen LogP contribution in [0.25, 0.3) is 0 Å². The molecule has 2 atom stereocenters. The summed E-state index contributed by atoms with van der Waals surface area (Å²) in [7, 11) is 0. The fourth-order valence-corrected chi connectivity index (χ4v) is 7.41. The minimum absolute atomic E-state index is 0.105. The third kappa shape index (κ3) is 2.31. The molecule has 122 valence electrons. The van der Waals surface area contributed by atoms with Gasteiger partial charge in [0.1, 0.15) is 0 Å². The Bertz CT molecular complexity index is 499. The van der Waals surface area contributed by atoms with E-state index in [1.54, 1.807) is 6.92 Å². The summed E-state index contributed by atoms with van der Waals surface area (Å²) >= 11 is 3.99. The van der Waals surface area contributed by atoms with Gasteiger partial charge in [-0.3, -0.25) is 9.59 Å². The molecule has 0 radical (unpaired) electrons. The fraction of sp³-hybridized carbons (Fsp3) is 0.882. The molecular formula is C17H25BrN2O2. The molecule has 1 heterocycles. The first-order valence-electron chi connectivity index (χ1n) is 8.63. The Labute approximate surface area is 140 Å². The van der Waals surface area contributed by atoms with E-state index < -0.39 is 0 Å². The minimum atomic E-state index is -0.105. The van der Waals surface area contributed by atoms with Gasteiger partial charge in [0.05, 0.1) is 5.41 Å². The molecule has 1 aliphatic heterocycles. The Hall–Kier alpha value is -0.580. The molecule has 2 amide bonds. The highest BCUT2D eigenvalue weighted by molar-refractivity contribution is 9.10. The Morgan fingerprint density at radius 3 is 2.00 bits per heavy atom. The maximum absolute atomic E-state index is 13.3. The normalized spacial score (nSPS) is 43.5. The number of hydrogen-bond donors (Lipinski definition) is 0. The van der Waals surface area contributed by atoms with Crippen molar-refractivity contribution in [3.8, 4) is 0 Å². The predicted molar refractivity (Wildman–Crippen MR) is 87.6 cm³/mol. The van der Waals surface area contributed by atoms with Crippen molar-refractivity contribution in [2.24, 2.45) is 17.3 Å². The van der Waals surface area contributed by atoms with Crippen LogP contribution < -0.4 is 0 Å². The van der Waals surface area contributed by atoms with Crippen molar-refractivity contribution in [2.75, 3.05) is 26.2 Å². The number of rotatable bonds is 1. The number of carbonyl (C=O) groups is 2. The second kappa shape index (κ2) is 4.96. The van der Waals surface area contributed by atoms with Gasteiger partial charge in [-0.05, 0) is 50.4 Å². The molecule has 0 aromatic heterocycles. The number of amides is 2. The molecule has 0 aromatic carbocycles. The van der Waals surface area contributed by atoms with E-state index in [9.17, 15) is 9.59 Å². The molecule has 0 unspecified atom stereocenters. The van der Waals surface area contributed by atoms with Crippen molar-refractivity contribution in [1.82, 2.24) is 9.80 Å². The summed E-state index contributed by atoms with van der Waals surface area (Å²) < 4.78 is 0.230. The highest BCUT2D eigenvalue weighted by atomic mass is 79.9. The Morgan fingerprint density at radius 1 is 0.955 bits per heavy atom. The Balaban J connectivity index is 1.50. The van der Waals surface area contributed by atoms with Crippen LogP contribution in [0.3, 0.4) is 0 Å².